The smallest absolute Gasteiger partial charge is 0.347 e. The summed E-state index contributed by atoms with van der Waals surface area (Å²) < 4.78 is 1.31. The summed E-state index contributed by atoms with van der Waals surface area (Å²) >= 11 is 0. The van der Waals surface area contributed by atoms with Gasteiger partial charge in [-0.05, 0) is 36.9 Å². The second-order valence-corrected chi connectivity index (χ2v) is 6.43. The summed E-state index contributed by atoms with van der Waals surface area (Å²) in [6.45, 7) is 3.54. The van der Waals surface area contributed by atoms with Gasteiger partial charge in [-0.15, -0.1) is 0 Å². The van der Waals surface area contributed by atoms with Crippen LogP contribution in [0.3, 0.4) is 0 Å². The number of hydrogen-bond acceptors (Lipinski definition) is 4. The van der Waals surface area contributed by atoms with Gasteiger partial charge in [-0.1, -0.05) is 30.3 Å². The van der Waals surface area contributed by atoms with Crippen LogP contribution in [-0.2, 0) is 11.3 Å². The van der Waals surface area contributed by atoms with E-state index in [0.29, 0.717) is 12.5 Å². The van der Waals surface area contributed by atoms with Crippen LogP contribution in [-0.4, -0.2) is 46.5 Å². The Kier molecular flexibility index (Phi) is 5.95. The van der Waals surface area contributed by atoms with E-state index in [1.165, 1.54) is 29.2 Å². The molecule has 1 fully saturated rings. The first-order valence-electron chi connectivity index (χ1n) is 8.78. The SMILES string of the molecule is O=C(Cn1cccnc1=O)NCCN1CCCC(c2ccccc2)C1. The molecule has 1 aromatic carbocycles. The van der Waals surface area contributed by atoms with Gasteiger partial charge < -0.3 is 10.2 Å². The topological polar surface area (TPSA) is 67.2 Å². The molecular weight excluding hydrogens is 316 g/mol. The molecule has 2 heterocycles. The molecule has 1 aliphatic heterocycles. The summed E-state index contributed by atoms with van der Waals surface area (Å²) in [6.07, 6.45) is 5.40. The number of amides is 1. The number of carbonyl (C=O) groups excluding carboxylic acids is 1. The number of likely N-dealkylation sites (tertiary alicyclic amines) is 1. The maximum absolute atomic E-state index is 12.0. The lowest BCUT2D eigenvalue weighted by Gasteiger charge is -2.33. The summed E-state index contributed by atoms with van der Waals surface area (Å²) in [4.78, 5) is 29.5. The van der Waals surface area contributed by atoms with Crippen molar-refractivity contribution in [1.29, 1.82) is 0 Å². The molecule has 1 atom stereocenters. The first-order chi connectivity index (χ1) is 12.2. The van der Waals surface area contributed by atoms with Crippen LogP contribution < -0.4 is 11.0 Å². The van der Waals surface area contributed by atoms with E-state index in [9.17, 15) is 9.59 Å². The van der Waals surface area contributed by atoms with Gasteiger partial charge in [0.1, 0.15) is 6.54 Å². The van der Waals surface area contributed by atoms with Gasteiger partial charge in [0.15, 0.2) is 0 Å². The molecule has 1 amide bonds. The Morgan fingerprint density at radius 1 is 1.24 bits per heavy atom. The minimum atomic E-state index is -0.403. The number of carbonyl (C=O) groups is 1. The van der Waals surface area contributed by atoms with Crippen molar-refractivity contribution in [2.24, 2.45) is 0 Å². The third kappa shape index (κ3) is 5.00. The van der Waals surface area contributed by atoms with E-state index in [0.717, 1.165) is 19.6 Å². The molecular formula is C19H24N4O2. The maximum atomic E-state index is 12.0. The number of nitrogens with one attached hydrogen (secondary N) is 1. The highest BCUT2D eigenvalue weighted by molar-refractivity contribution is 5.75. The lowest BCUT2D eigenvalue weighted by atomic mass is 9.91. The Morgan fingerprint density at radius 2 is 2.08 bits per heavy atom. The third-order valence-electron chi connectivity index (χ3n) is 4.62. The highest BCUT2D eigenvalue weighted by Gasteiger charge is 2.20. The van der Waals surface area contributed by atoms with E-state index >= 15 is 0 Å². The predicted octanol–water partition coefficient (Wildman–Crippen LogP) is 1.24. The van der Waals surface area contributed by atoms with Gasteiger partial charge >= 0.3 is 5.69 Å². The zero-order valence-corrected chi connectivity index (χ0v) is 14.3. The quantitative estimate of drug-likeness (QED) is 0.859. The summed E-state index contributed by atoms with van der Waals surface area (Å²) in [5, 5.41) is 2.89. The monoisotopic (exact) mass is 340 g/mol. The van der Waals surface area contributed by atoms with E-state index in [1.807, 2.05) is 6.07 Å². The fraction of sp³-hybridized carbons (Fsp3) is 0.421. The van der Waals surface area contributed by atoms with Crippen LogP contribution in [0.1, 0.15) is 24.3 Å². The van der Waals surface area contributed by atoms with Crippen LogP contribution in [0.15, 0.2) is 53.6 Å². The summed E-state index contributed by atoms with van der Waals surface area (Å²) in [6, 6.07) is 12.3. The van der Waals surface area contributed by atoms with Crippen molar-refractivity contribution in [2.75, 3.05) is 26.2 Å². The van der Waals surface area contributed by atoms with Gasteiger partial charge in [0, 0.05) is 32.0 Å². The van der Waals surface area contributed by atoms with Crippen molar-refractivity contribution < 1.29 is 4.79 Å². The fourth-order valence-electron chi connectivity index (χ4n) is 3.33. The van der Waals surface area contributed by atoms with Crippen molar-refractivity contribution in [3.63, 3.8) is 0 Å². The molecule has 1 N–H and O–H groups in total. The molecule has 132 valence electrons. The molecule has 0 radical (unpaired) electrons. The Hall–Kier alpha value is -2.47. The van der Waals surface area contributed by atoms with Crippen LogP contribution in [0.2, 0.25) is 0 Å². The lowest BCUT2D eigenvalue weighted by molar-refractivity contribution is -0.121. The van der Waals surface area contributed by atoms with Gasteiger partial charge in [-0.3, -0.25) is 9.36 Å². The molecule has 1 aliphatic rings. The van der Waals surface area contributed by atoms with E-state index in [-0.39, 0.29) is 12.5 Å². The van der Waals surface area contributed by atoms with Gasteiger partial charge in [-0.2, -0.15) is 0 Å². The van der Waals surface area contributed by atoms with Crippen LogP contribution in [0.5, 0.6) is 0 Å². The van der Waals surface area contributed by atoms with Crippen molar-refractivity contribution in [2.45, 2.75) is 25.3 Å². The van der Waals surface area contributed by atoms with E-state index in [4.69, 9.17) is 0 Å². The first kappa shape index (κ1) is 17.4. The van der Waals surface area contributed by atoms with Crippen LogP contribution in [0, 0.1) is 0 Å². The number of nitrogens with zero attached hydrogens (tertiary/aromatic N) is 3. The molecule has 0 bridgehead atoms. The van der Waals surface area contributed by atoms with Crippen molar-refractivity contribution in [3.05, 3.63) is 64.8 Å². The largest absolute Gasteiger partial charge is 0.353 e. The van der Waals surface area contributed by atoms with Crippen molar-refractivity contribution in [1.82, 2.24) is 19.8 Å². The molecule has 1 aromatic heterocycles. The van der Waals surface area contributed by atoms with Crippen molar-refractivity contribution >= 4 is 5.91 Å². The Labute approximate surface area is 147 Å². The normalized spacial score (nSPS) is 18.0. The standard InChI is InChI=1S/C19H24N4O2/c24-18(15-23-12-5-9-21-19(23)25)20-10-13-22-11-4-8-17(14-22)16-6-2-1-3-7-16/h1-3,5-7,9,12,17H,4,8,10-11,13-15H2,(H,20,24). The second kappa shape index (κ2) is 8.58. The average Bonchev–Trinajstić information content (AvgIpc) is 2.65. The second-order valence-electron chi connectivity index (χ2n) is 6.43. The lowest BCUT2D eigenvalue weighted by Crippen LogP contribution is -2.41. The summed E-state index contributed by atoms with van der Waals surface area (Å²) in [7, 11) is 0. The predicted molar refractivity (Wildman–Crippen MR) is 96.4 cm³/mol. The maximum Gasteiger partial charge on any atom is 0.347 e. The molecule has 3 rings (SSSR count). The zero-order chi connectivity index (χ0) is 17.5. The van der Waals surface area contributed by atoms with Crippen LogP contribution in [0.4, 0.5) is 0 Å². The molecule has 1 unspecified atom stereocenters. The third-order valence-corrected chi connectivity index (χ3v) is 4.62. The Balaban J connectivity index is 1.43. The molecule has 25 heavy (non-hydrogen) atoms. The molecule has 0 saturated carbocycles. The minimum absolute atomic E-state index is 0.0132. The minimum Gasteiger partial charge on any atom is -0.353 e. The molecule has 1 saturated heterocycles. The molecule has 6 nitrogen and oxygen atoms in total. The molecule has 6 heteroatoms. The molecule has 0 aliphatic carbocycles. The number of hydrogen-bond donors (Lipinski definition) is 1. The first-order valence-corrected chi connectivity index (χ1v) is 8.78. The molecule has 0 spiro atoms. The highest BCUT2D eigenvalue weighted by Crippen LogP contribution is 2.26. The van der Waals surface area contributed by atoms with E-state index in [2.05, 4.69) is 39.5 Å². The van der Waals surface area contributed by atoms with Gasteiger partial charge in [0.2, 0.25) is 5.91 Å². The average molecular weight is 340 g/mol. The highest BCUT2D eigenvalue weighted by atomic mass is 16.2. The van der Waals surface area contributed by atoms with Crippen LogP contribution in [0.25, 0.3) is 0 Å². The van der Waals surface area contributed by atoms with Crippen LogP contribution >= 0.6 is 0 Å². The van der Waals surface area contributed by atoms with Gasteiger partial charge in [0.05, 0.1) is 0 Å². The number of rotatable bonds is 6. The summed E-state index contributed by atoms with van der Waals surface area (Å²) in [5.41, 5.74) is 0.992. The van der Waals surface area contributed by atoms with Gasteiger partial charge in [-0.25, -0.2) is 9.78 Å². The molecule has 2 aromatic rings. The zero-order valence-electron chi connectivity index (χ0n) is 14.3. The Bertz CT molecular complexity index is 744. The number of aromatic nitrogens is 2. The van der Waals surface area contributed by atoms with E-state index < -0.39 is 5.69 Å². The number of benzene rings is 1. The fourth-order valence-corrected chi connectivity index (χ4v) is 3.33. The van der Waals surface area contributed by atoms with Gasteiger partial charge in [0.25, 0.3) is 0 Å². The van der Waals surface area contributed by atoms with Crippen molar-refractivity contribution in [3.8, 4) is 0 Å². The Morgan fingerprint density at radius 3 is 2.88 bits per heavy atom. The summed E-state index contributed by atoms with van der Waals surface area (Å²) in [5.74, 6) is 0.409. The van der Waals surface area contributed by atoms with E-state index in [1.54, 1.807) is 12.3 Å². The number of piperidine rings is 1.